The summed E-state index contributed by atoms with van der Waals surface area (Å²) in [6.45, 7) is 4.40. The molecule has 6 nitrogen and oxygen atoms in total. The van der Waals surface area contributed by atoms with Crippen molar-refractivity contribution in [2.45, 2.75) is 44.6 Å². The van der Waals surface area contributed by atoms with E-state index in [0.717, 1.165) is 36.2 Å². The van der Waals surface area contributed by atoms with Crippen LogP contribution in [0.1, 0.15) is 55.0 Å². The second-order valence-corrected chi connectivity index (χ2v) is 10.5. The van der Waals surface area contributed by atoms with Crippen molar-refractivity contribution >= 4 is 6.03 Å². The molecule has 1 unspecified atom stereocenters. The number of hydrogen-bond acceptors (Lipinski definition) is 3. The molecule has 1 N–H and O–H groups in total. The Kier molecular flexibility index (Phi) is 6.74. The highest BCUT2D eigenvalue weighted by molar-refractivity contribution is 5.75. The minimum Gasteiger partial charge on any atom is -0.378 e. The number of morpholine rings is 1. The first-order chi connectivity index (χ1) is 18.5. The van der Waals surface area contributed by atoms with Gasteiger partial charge in [-0.25, -0.2) is 18.3 Å². The van der Waals surface area contributed by atoms with Crippen molar-refractivity contribution in [2.75, 3.05) is 26.3 Å². The SMILES string of the molecule is C[C@@H]1C2=C(CC[C@@H]2CC(NC(=O)N2CCOCC2)c2cccc(F)c2)Cc2c1cnn2-c1ccc(F)cc1. The van der Waals surface area contributed by atoms with Gasteiger partial charge >= 0.3 is 6.03 Å². The van der Waals surface area contributed by atoms with Crippen molar-refractivity contribution in [3.05, 3.63) is 94.3 Å². The van der Waals surface area contributed by atoms with E-state index in [0.29, 0.717) is 32.7 Å². The molecule has 8 heteroatoms. The van der Waals surface area contributed by atoms with Gasteiger partial charge in [0.25, 0.3) is 0 Å². The molecule has 1 fully saturated rings. The molecule has 6 rings (SSSR count). The van der Waals surface area contributed by atoms with Crippen LogP contribution in [0.5, 0.6) is 0 Å². The van der Waals surface area contributed by atoms with E-state index in [2.05, 4.69) is 17.3 Å². The number of rotatable bonds is 5. The molecule has 2 amide bonds. The van der Waals surface area contributed by atoms with Crippen LogP contribution in [0.25, 0.3) is 5.69 Å². The van der Waals surface area contributed by atoms with Gasteiger partial charge in [-0.05, 0) is 67.1 Å². The van der Waals surface area contributed by atoms with Crippen molar-refractivity contribution < 1.29 is 18.3 Å². The smallest absolute Gasteiger partial charge is 0.318 e. The Labute approximate surface area is 221 Å². The second kappa shape index (κ2) is 10.3. The van der Waals surface area contributed by atoms with E-state index in [4.69, 9.17) is 4.74 Å². The van der Waals surface area contributed by atoms with Gasteiger partial charge in [0.1, 0.15) is 11.6 Å². The number of allylic oxidation sites excluding steroid dienone is 2. The fraction of sp³-hybridized carbons (Fsp3) is 0.400. The molecule has 2 aromatic carbocycles. The number of amides is 2. The Morgan fingerprint density at radius 1 is 1.13 bits per heavy atom. The molecule has 3 atom stereocenters. The van der Waals surface area contributed by atoms with Crippen LogP contribution in [-0.2, 0) is 11.2 Å². The summed E-state index contributed by atoms with van der Waals surface area (Å²) in [5, 5.41) is 7.87. The quantitative estimate of drug-likeness (QED) is 0.442. The predicted molar refractivity (Wildman–Crippen MR) is 140 cm³/mol. The van der Waals surface area contributed by atoms with Gasteiger partial charge in [-0.15, -0.1) is 0 Å². The van der Waals surface area contributed by atoms with Crippen LogP contribution in [0.2, 0.25) is 0 Å². The maximum Gasteiger partial charge on any atom is 0.318 e. The van der Waals surface area contributed by atoms with Crippen molar-refractivity contribution in [3.63, 3.8) is 0 Å². The minimum absolute atomic E-state index is 0.130. The van der Waals surface area contributed by atoms with Gasteiger partial charge in [0.15, 0.2) is 0 Å². The molecular weight excluding hydrogens is 486 g/mol. The summed E-state index contributed by atoms with van der Waals surface area (Å²) >= 11 is 0. The van der Waals surface area contributed by atoms with E-state index in [9.17, 15) is 13.6 Å². The van der Waals surface area contributed by atoms with Crippen molar-refractivity contribution in [3.8, 4) is 5.69 Å². The zero-order valence-corrected chi connectivity index (χ0v) is 21.5. The van der Waals surface area contributed by atoms with Gasteiger partial charge in [-0.1, -0.05) is 30.2 Å². The van der Waals surface area contributed by atoms with E-state index < -0.39 is 0 Å². The highest BCUT2D eigenvalue weighted by atomic mass is 19.1. The summed E-state index contributed by atoms with van der Waals surface area (Å²) in [5.74, 6) is -0.0946. The number of halogens is 2. The Morgan fingerprint density at radius 2 is 1.92 bits per heavy atom. The highest BCUT2D eigenvalue weighted by Crippen LogP contribution is 2.49. The summed E-state index contributed by atoms with van der Waals surface area (Å²) in [6.07, 6.45) is 5.46. The van der Waals surface area contributed by atoms with Crippen LogP contribution in [0.4, 0.5) is 13.6 Å². The van der Waals surface area contributed by atoms with E-state index in [1.54, 1.807) is 23.1 Å². The number of hydrogen-bond donors (Lipinski definition) is 1. The molecule has 1 saturated heterocycles. The molecule has 1 aliphatic heterocycles. The van der Waals surface area contributed by atoms with Crippen molar-refractivity contribution in [1.29, 1.82) is 0 Å². The van der Waals surface area contributed by atoms with Gasteiger partial charge in [0, 0.05) is 31.0 Å². The third-order valence-electron chi connectivity index (χ3n) is 8.30. The molecule has 0 saturated carbocycles. The predicted octanol–water partition coefficient (Wildman–Crippen LogP) is 5.69. The second-order valence-electron chi connectivity index (χ2n) is 10.5. The molecule has 0 bridgehead atoms. The van der Waals surface area contributed by atoms with Crippen LogP contribution in [0, 0.1) is 17.6 Å². The number of nitrogens with zero attached hydrogens (tertiary/aromatic N) is 3. The molecule has 0 radical (unpaired) electrons. The van der Waals surface area contributed by atoms with E-state index in [1.807, 2.05) is 16.9 Å². The first-order valence-electron chi connectivity index (χ1n) is 13.4. The minimum atomic E-state index is -0.302. The van der Waals surface area contributed by atoms with Gasteiger partial charge < -0.3 is 15.0 Å². The number of ether oxygens (including phenoxy) is 1. The fourth-order valence-corrected chi connectivity index (χ4v) is 6.42. The third kappa shape index (κ3) is 4.73. The number of nitrogens with one attached hydrogen (secondary N) is 1. The summed E-state index contributed by atoms with van der Waals surface area (Å²) in [4.78, 5) is 14.9. The van der Waals surface area contributed by atoms with Crippen LogP contribution in [-0.4, -0.2) is 47.0 Å². The van der Waals surface area contributed by atoms with E-state index in [-0.39, 0.29) is 35.5 Å². The molecule has 2 heterocycles. The lowest BCUT2D eigenvalue weighted by Gasteiger charge is -2.32. The lowest BCUT2D eigenvalue weighted by Crippen LogP contribution is -2.47. The lowest BCUT2D eigenvalue weighted by molar-refractivity contribution is 0.0523. The molecule has 2 aliphatic carbocycles. The molecule has 38 heavy (non-hydrogen) atoms. The monoisotopic (exact) mass is 518 g/mol. The van der Waals surface area contributed by atoms with Crippen molar-refractivity contribution in [1.82, 2.24) is 20.0 Å². The molecule has 0 spiro atoms. The number of urea groups is 1. The van der Waals surface area contributed by atoms with Crippen LogP contribution in [0.3, 0.4) is 0 Å². The zero-order valence-electron chi connectivity index (χ0n) is 21.5. The third-order valence-corrected chi connectivity index (χ3v) is 8.30. The molecule has 1 aromatic heterocycles. The van der Waals surface area contributed by atoms with Gasteiger partial charge in [0.05, 0.1) is 36.8 Å². The fourth-order valence-electron chi connectivity index (χ4n) is 6.42. The summed E-state index contributed by atoms with van der Waals surface area (Å²) in [5.41, 5.74) is 6.85. The van der Waals surface area contributed by atoms with Crippen LogP contribution in [0.15, 0.2) is 65.9 Å². The van der Waals surface area contributed by atoms with Gasteiger partial charge in [0.2, 0.25) is 0 Å². The van der Waals surface area contributed by atoms with Gasteiger partial charge in [-0.3, -0.25) is 0 Å². The summed E-state index contributed by atoms with van der Waals surface area (Å²) < 4.78 is 35.0. The highest BCUT2D eigenvalue weighted by Gasteiger charge is 2.37. The standard InChI is InChI=1S/C30H32F2N4O2/c1-19-26-18-33-36(25-9-7-23(31)8-10-25)28(26)17-22-6-5-21(29(19)22)16-27(20-3-2-4-24(32)15-20)34-30(37)35-11-13-38-14-12-35/h2-4,7-10,15,18-19,21,27H,5-6,11-14,16-17H2,1H3,(H,34,37)/t19-,21+,27?/m0/s1. The maximum atomic E-state index is 14.2. The summed E-state index contributed by atoms with van der Waals surface area (Å²) in [7, 11) is 0. The number of carbonyl (C=O) groups excluding carboxylic acids is 1. The average Bonchev–Trinajstić information content (AvgIpc) is 3.54. The van der Waals surface area contributed by atoms with Gasteiger partial charge in [-0.2, -0.15) is 5.10 Å². The Morgan fingerprint density at radius 3 is 2.68 bits per heavy atom. The number of fused-ring (bicyclic) bond motifs is 1. The van der Waals surface area contributed by atoms with Crippen LogP contribution >= 0.6 is 0 Å². The number of benzene rings is 2. The molecule has 198 valence electrons. The molecular formula is C30H32F2N4O2. The Bertz CT molecular complexity index is 1360. The number of aromatic nitrogens is 2. The lowest BCUT2D eigenvalue weighted by atomic mass is 9.78. The van der Waals surface area contributed by atoms with E-state index in [1.165, 1.54) is 41.0 Å². The zero-order chi connectivity index (χ0) is 26.2. The normalized spacial score (nSPS) is 21.7. The molecule has 3 aliphatic rings. The topological polar surface area (TPSA) is 59.4 Å². The number of carbonyl (C=O) groups is 1. The largest absolute Gasteiger partial charge is 0.378 e. The Hall–Kier alpha value is -3.52. The van der Waals surface area contributed by atoms with Crippen LogP contribution < -0.4 is 5.32 Å². The average molecular weight is 519 g/mol. The Balaban J connectivity index is 1.25. The summed E-state index contributed by atoms with van der Waals surface area (Å²) in [6, 6.07) is 12.6. The first-order valence-corrected chi connectivity index (χ1v) is 13.4. The maximum absolute atomic E-state index is 14.2. The molecule has 3 aromatic rings. The van der Waals surface area contributed by atoms with Crippen molar-refractivity contribution in [2.24, 2.45) is 5.92 Å². The first kappa shape index (κ1) is 24.8. The van der Waals surface area contributed by atoms with E-state index >= 15 is 0 Å².